The first-order chi connectivity index (χ1) is 13.2. The van der Waals surface area contributed by atoms with E-state index in [1.807, 2.05) is 6.92 Å². The molecule has 8 heteroatoms. The lowest BCUT2D eigenvalue weighted by Crippen LogP contribution is -2.52. The number of carbonyl (C=O) groups excluding carboxylic acids is 2. The van der Waals surface area contributed by atoms with Gasteiger partial charge < -0.3 is 15.2 Å². The summed E-state index contributed by atoms with van der Waals surface area (Å²) in [5, 5.41) is 12.4. The second-order valence-electron chi connectivity index (χ2n) is 6.59. The van der Waals surface area contributed by atoms with Gasteiger partial charge in [0.1, 0.15) is 11.8 Å². The highest BCUT2D eigenvalue weighted by Gasteiger charge is 2.37. The summed E-state index contributed by atoms with van der Waals surface area (Å²) < 4.78 is 5.54. The van der Waals surface area contributed by atoms with Crippen LogP contribution in [0.25, 0.3) is 0 Å². The van der Waals surface area contributed by atoms with E-state index in [1.54, 1.807) is 32.0 Å². The van der Waals surface area contributed by atoms with Crippen molar-refractivity contribution in [3.8, 4) is 5.75 Å². The van der Waals surface area contributed by atoms with Gasteiger partial charge in [-0.1, -0.05) is 17.7 Å². The van der Waals surface area contributed by atoms with Crippen molar-refractivity contribution in [2.24, 2.45) is 0 Å². The maximum absolute atomic E-state index is 12.8. The molecule has 2 aromatic rings. The van der Waals surface area contributed by atoms with E-state index < -0.39 is 24.0 Å². The van der Waals surface area contributed by atoms with Gasteiger partial charge in [-0.05, 0) is 56.7 Å². The van der Waals surface area contributed by atoms with Crippen molar-refractivity contribution in [2.45, 2.75) is 32.9 Å². The Morgan fingerprint density at radius 1 is 1.25 bits per heavy atom. The molecule has 0 radical (unpaired) electrons. The number of ether oxygens (including phenoxy) is 1. The largest absolute Gasteiger partial charge is 0.479 e. The summed E-state index contributed by atoms with van der Waals surface area (Å²) in [7, 11) is 0. The average molecular weight is 403 g/mol. The molecule has 1 aliphatic rings. The van der Waals surface area contributed by atoms with Crippen LogP contribution in [-0.4, -0.2) is 35.0 Å². The van der Waals surface area contributed by atoms with Crippen LogP contribution in [0.5, 0.6) is 5.75 Å². The smallest absolute Gasteiger partial charge is 0.335 e. The normalized spacial score (nSPS) is 16.8. The van der Waals surface area contributed by atoms with Gasteiger partial charge in [0.05, 0.1) is 11.3 Å². The molecule has 28 heavy (non-hydrogen) atoms. The van der Waals surface area contributed by atoms with E-state index in [-0.39, 0.29) is 17.2 Å². The molecule has 0 bridgehead atoms. The van der Waals surface area contributed by atoms with Gasteiger partial charge in [-0.2, -0.15) is 0 Å². The van der Waals surface area contributed by atoms with Gasteiger partial charge in [0.2, 0.25) is 5.91 Å². The van der Waals surface area contributed by atoms with Crippen molar-refractivity contribution in [3.63, 3.8) is 0 Å². The molecule has 2 unspecified atom stereocenters. The van der Waals surface area contributed by atoms with Crippen LogP contribution in [0.4, 0.5) is 11.4 Å². The Morgan fingerprint density at radius 2 is 1.96 bits per heavy atom. The van der Waals surface area contributed by atoms with Gasteiger partial charge in [-0.15, -0.1) is 0 Å². The fourth-order valence-electron chi connectivity index (χ4n) is 2.93. The Labute approximate surface area is 166 Å². The molecule has 1 aliphatic heterocycles. The third-order valence-electron chi connectivity index (χ3n) is 4.56. The lowest BCUT2D eigenvalue weighted by molar-refractivity contribution is -0.128. The van der Waals surface area contributed by atoms with Crippen LogP contribution in [-0.2, 0) is 9.59 Å². The van der Waals surface area contributed by atoms with E-state index >= 15 is 0 Å². The number of hydrogen-bond donors (Lipinski definition) is 2. The summed E-state index contributed by atoms with van der Waals surface area (Å²) in [6.07, 6.45) is -0.847. The molecule has 2 atom stereocenters. The molecule has 2 aromatic carbocycles. The maximum Gasteiger partial charge on any atom is 0.335 e. The molecule has 0 saturated carbocycles. The number of hydrogen-bond acceptors (Lipinski definition) is 4. The quantitative estimate of drug-likeness (QED) is 0.816. The van der Waals surface area contributed by atoms with Crippen molar-refractivity contribution in [3.05, 3.63) is 52.5 Å². The number of fused-ring (bicyclic) bond motifs is 1. The van der Waals surface area contributed by atoms with Gasteiger partial charge in [-0.25, -0.2) is 4.79 Å². The number of benzene rings is 2. The van der Waals surface area contributed by atoms with E-state index in [4.69, 9.17) is 21.4 Å². The predicted octanol–water partition coefficient (Wildman–Crippen LogP) is 3.49. The molecule has 7 nitrogen and oxygen atoms in total. The van der Waals surface area contributed by atoms with Crippen molar-refractivity contribution in [1.82, 2.24) is 0 Å². The SMILES string of the molecule is Cc1ccc(NC(=O)C(C)N2C(=O)C(C)Oc3cc(C(=O)O)ccc32)cc1Cl. The summed E-state index contributed by atoms with van der Waals surface area (Å²) in [5.41, 5.74) is 1.78. The second kappa shape index (κ2) is 7.52. The first-order valence-corrected chi connectivity index (χ1v) is 9.01. The van der Waals surface area contributed by atoms with Crippen molar-refractivity contribution in [2.75, 3.05) is 10.2 Å². The van der Waals surface area contributed by atoms with Crippen LogP contribution in [0.3, 0.4) is 0 Å². The highest BCUT2D eigenvalue weighted by molar-refractivity contribution is 6.31. The van der Waals surface area contributed by atoms with Crippen molar-refractivity contribution < 1.29 is 24.2 Å². The Morgan fingerprint density at radius 3 is 2.61 bits per heavy atom. The van der Waals surface area contributed by atoms with E-state index in [9.17, 15) is 14.4 Å². The molecule has 2 N–H and O–H groups in total. The van der Waals surface area contributed by atoms with Gasteiger partial charge in [0.25, 0.3) is 5.91 Å². The number of amides is 2. The molecule has 3 rings (SSSR count). The maximum atomic E-state index is 12.8. The van der Waals surface area contributed by atoms with E-state index in [1.165, 1.54) is 23.1 Å². The highest BCUT2D eigenvalue weighted by atomic mass is 35.5. The first kappa shape index (κ1) is 19.7. The summed E-state index contributed by atoms with van der Waals surface area (Å²) in [4.78, 5) is 38.0. The molecular weight excluding hydrogens is 384 g/mol. The number of carboxylic acid groups (broad SMARTS) is 1. The standard InChI is InChI=1S/C20H19ClN2O5/c1-10-4-6-14(9-15(10)21)22-18(24)11(2)23-16-7-5-13(20(26)27)8-17(16)28-12(3)19(23)25/h4-9,11-12H,1-3H3,(H,22,24)(H,26,27). The number of halogens is 1. The number of nitrogens with zero attached hydrogens (tertiary/aromatic N) is 1. The zero-order valence-electron chi connectivity index (χ0n) is 15.5. The van der Waals surface area contributed by atoms with Crippen LogP contribution >= 0.6 is 11.6 Å². The van der Waals surface area contributed by atoms with Gasteiger partial charge in [0, 0.05) is 10.7 Å². The van der Waals surface area contributed by atoms with Gasteiger partial charge in [0.15, 0.2) is 6.10 Å². The molecular formula is C20H19ClN2O5. The number of aromatic carboxylic acids is 1. The van der Waals surface area contributed by atoms with Gasteiger partial charge in [-0.3, -0.25) is 14.5 Å². The third kappa shape index (κ3) is 3.66. The third-order valence-corrected chi connectivity index (χ3v) is 4.97. The number of carboxylic acids is 1. The summed E-state index contributed by atoms with van der Waals surface area (Å²) in [6, 6.07) is 8.47. The van der Waals surface area contributed by atoms with Crippen LogP contribution < -0.4 is 15.0 Å². The number of carbonyl (C=O) groups is 3. The van der Waals surface area contributed by atoms with Crippen LogP contribution in [0.15, 0.2) is 36.4 Å². The molecule has 1 heterocycles. The van der Waals surface area contributed by atoms with Crippen LogP contribution in [0.2, 0.25) is 5.02 Å². The fraction of sp³-hybridized carbons (Fsp3) is 0.250. The lowest BCUT2D eigenvalue weighted by atomic mass is 10.1. The first-order valence-electron chi connectivity index (χ1n) is 8.63. The van der Waals surface area contributed by atoms with E-state index in [2.05, 4.69) is 5.32 Å². The average Bonchev–Trinajstić information content (AvgIpc) is 2.64. The molecule has 0 aliphatic carbocycles. The number of anilines is 2. The molecule has 0 spiro atoms. The predicted molar refractivity (Wildman–Crippen MR) is 105 cm³/mol. The number of aryl methyl sites for hydroxylation is 1. The fourth-order valence-corrected chi connectivity index (χ4v) is 3.11. The van der Waals surface area contributed by atoms with E-state index in [0.29, 0.717) is 16.4 Å². The summed E-state index contributed by atoms with van der Waals surface area (Å²) in [6.45, 7) is 5.00. The van der Waals surface area contributed by atoms with Crippen LogP contribution in [0.1, 0.15) is 29.8 Å². The zero-order chi connectivity index (χ0) is 20.6. The molecule has 0 fully saturated rings. The Kier molecular flexibility index (Phi) is 5.29. The Hall–Kier alpha value is -3.06. The second-order valence-corrected chi connectivity index (χ2v) is 6.99. The minimum absolute atomic E-state index is 0.0339. The zero-order valence-corrected chi connectivity index (χ0v) is 16.3. The summed E-state index contributed by atoms with van der Waals surface area (Å²) >= 11 is 6.09. The van der Waals surface area contributed by atoms with Crippen LogP contribution in [0, 0.1) is 6.92 Å². The Balaban J connectivity index is 1.90. The topological polar surface area (TPSA) is 95.9 Å². The molecule has 0 saturated heterocycles. The Bertz CT molecular complexity index is 975. The summed E-state index contributed by atoms with van der Waals surface area (Å²) in [5.74, 6) is -1.66. The minimum Gasteiger partial charge on any atom is -0.479 e. The minimum atomic E-state index is -1.11. The molecule has 146 valence electrons. The molecule has 0 aromatic heterocycles. The number of rotatable bonds is 4. The molecule has 2 amide bonds. The van der Waals surface area contributed by atoms with Crippen molar-refractivity contribution in [1.29, 1.82) is 0 Å². The monoisotopic (exact) mass is 402 g/mol. The lowest BCUT2D eigenvalue weighted by Gasteiger charge is -2.36. The van der Waals surface area contributed by atoms with Crippen molar-refractivity contribution >= 4 is 40.8 Å². The number of nitrogens with one attached hydrogen (secondary N) is 1. The van der Waals surface area contributed by atoms with Gasteiger partial charge >= 0.3 is 5.97 Å². The highest BCUT2D eigenvalue weighted by Crippen LogP contribution is 2.36. The van der Waals surface area contributed by atoms with E-state index in [0.717, 1.165) is 5.56 Å².